The first kappa shape index (κ1) is 18.9. The largest absolute Gasteiger partial charge is 0.317 e. The number of hydrogen-bond donors (Lipinski definition) is 1. The first-order valence-electron chi connectivity index (χ1n) is 8.31. The summed E-state index contributed by atoms with van der Waals surface area (Å²) in [5.41, 5.74) is 0. The fourth-order valence-corrected chi connectivity index (χ4v) is 4.36. The van der Waals surface area contributed by atoms with E-state index in [1.165, 1.54) is 4.31 Å². The Kier molecular flexibility index (Phi) is 8.16. The standard InChI is InChI=1S/C15H33N3O2S/c1-5-16-10-7-11-17(4)21(19,20)18-12-6-8-15(9-13-18)14(2)3/h14-16H,5-13H2,1-4H3. The van der Waals surface area contributed by atoms with Gasteiger partial charge in [-0.3, -0.25) is 0 Å². The maximum atomic E-state index is 12.6. The van der Waals surface area contributed by atoms with Crippen LogP contribution in [-0.2, 0) is 10.2 Å². The van der Waals surface area contributed by atoms with Crippen LogP contribution in [0.3, 0.4) is 0 Å². The van der Waals surface area contributed by atoms with Crippen molar-refractivity contribution in [2.24, 2.45) is 11.8 Å². The van der Waals surface area contributed by atoms with Crippen LogP contribution in [0.25, 0.3) is 0 Å². The minimum atomic E-state index is -3.28. The van der Waals surface area contributed by atoms with Crippen molar-refractivity contribution in [1.82, 2.24) is 13.9 Å². The molecule has 1 fully saturated rings. The van der Waals surface area contributed by atoms with Gasteiger partial charge in [0.15, 0.2) is 0 Å². The van der Waals surface area contributed by atoms with Crippen LogP contribution in [0.15, 0.2) is 0 Å². The second-order valence-corrected chi connectivity index (χ2v) is 8.41. The molecule has 0 aromatic heterocycles. The molecule has 0 saturated carbocycles. The van der Waals surface area contributed by atoms with Crippen LogP contribution in [0.5, 0.6) is 0 Å². The molecule has 1 aliphatic rings. The second kappa shape index (κ2) is 9.08. The van der Waals surface area contributed by atoms with Gasteiger partial charge in [-0.2, -0.15) is 17.0 Å². The zero-order chi connectivity index (χ0) is 15.9. The average molecular weight is 320 g/mol. The third-order valence-corrected chi connectivity index (χ3v) is 6.46. The van der Waals surface area contributed by atoms with Crippen molar-refractivity contribution >= 4 is 10.2 Å². The van der Waals surface area contributed by atoms with E-state index in [1.54, 1.807) is 11.4 Å². The van der Waals surface area contributed by atoms with Crippen molar-refractivity contribution in [1.29, 1.82) is 0 Å². The highest BCUT2D eigenvalue weighted by Crippen LogP contribution is 2.26. The lowest BCUT2D eigenvalue weighted by Gasteiger charge is -2.26. The van der Waals surface area contributed by atoms with Gasteiger partial charge in [0.2, 0.25) is 0 Å². The van der Waals surface area contributed by atoms with E-state index in [9.17, 15) is 8.42 Å². The molecule has 6 heteroatoms. The summed E-state index contributed by atoms with van der Waals surface area (Å²) >= 11 is 0. The minimum Gasteiger partial charge on any atom is -0.317 e. The lowest BCUT2D eigenvalue weighted by atomic mass is 9.89. The van der Waals surface area contributed by atoms with Crippen LogP contribution in [0.2, 0.25) is 0 Å². The molecule has 0 spiro atoms. The smallest absolute Gasteiger partial charge is 0.281 e. The van der Waals surface area contributed by atoms with Gasteiger partial charge in [0.25, 0.3) is 10.2 Å². The van der Waals surface area contributed by atoms with E-state index in [0.29, 0.717) is 31.5 Å². The molecular formula is C15H33N3O2S. The van der Waals surface area contributed by atoms with Crippen LogP contribution >= 0.6 is 0 Å². The summed E-state index contributed by atoms with van der Waals surface area (Å²) in [5.74, 6) is 1.30. The zero-order valence-electron chi connectivity index (χ0n) is 14.1. The summed E-state index contributed by atoms with van der Waals surface area (Å²) in [6.45, 7) is 10.3. The molecule has 1 N–H and O–H groups in total. The fraction of sp³-hybridized carbons (Fsp3) is 1.00. The SMILES string of the molecule is CCNCCCN(C)S(=O)(=O)N1CCCC(C(C)C)CC1. The number of rotatable bonds is 8. The van der Waals surface area contributed by atoms with Gasteiger partial charge < -0.3 is 5.32 Å². The maximum Gasteiger partial charge on any atom is 0.281 e. The highest BCUT2D eigenvalue weighted by Gasteiger charge is 2.29. The Labute approximate surface area is 131 Å². The van der Waals surface area contributed by atoms with Gasteiger partial charge in [-0.05, 0) is 50.6 Å². The van der Waals surface area contributed by atoms with Crippen LogP contribution in [0.1, 0.15) is 46.5 Å². The molecule has 1 aliphatic heterocycles. The highest BCUT2D eigenvalue weighted by molar-refractivity contribution is 7.86. The predicted octanol–water partition coefficient (Wildman–Crippen LogP) is 1.92. The third-order valence-electron chi connectivity index (χ3n) is 4.47. The Balaban J connectivity index is 2.52. The van der Waals surface area contributed by atoms with E-state index in [-0.39, 0.29) is 0 Å². The van der Waals surface area contributed by atoms with Crippen LogP contribution in [0.4, 0.5) is 0 Å². The first-order chi connectivity index (χ1) is 9.89. The van der Waals surface area contributed by atoms with E-state index >= 15 is 0 Å². The molecule has 5 nitrogen and oxygen atoms in total. The predicted molar refractivity (Wildman–Crippen MR) is 88.5 cm³/mol. The third kappa shape index (κ3) is 5.85. The molecule has 1 heterocycles. The van der Waals surface area contributed by atoms with E-state index in [2.05, 4.69) is 26.1 Å². The van der Waals surface area contributed by atoms with Gasteiger partial charge in [-0.25, -0.2) is 0 Å². The van der Waals surface area contributed by atoms with Gasteiger partial charge in [-0.1, -0.05) is 20.8 Å². The summed E-state index contributed by atoms with van der Waals surface area (Å²) < 4.78 is 28.4. The molecule has 0 radical (unpaired) electrons. The molecule has 1 unspecified atom stereocenters. The molecule has 0 amide bonds. The summed E-state index contributed by atoms with van der Waals surface area (Å²) in [4.78, 5) is 0. The molecule has 1 saturated heterocycles. The van der Waals surface area contributed by atoms with Crippen molar-refractivity contribution in [3.05, 3.63) is 0 Å². The minimum absolute atomic E-state index is 0.583. The lowest BCUT2D eigenvalue weighted by Crippen LogP contribution is -2.43. The number of hydrogen-bond acceptors (Lipinski definition) is 3. The van der Waals surface area contributed by atoms with Crippen molar-refractivity contribution in [3.63, 3.8) is 0 Å². The number of nitrogens with one attached hydrogen (secondary N) is 1. The van der Waals surface area contributed by atoms with Gasteiger partial charge in [0.05, 0.1) is 0 Å². The Bertz CT molecular complexity index is 384. The average Bonchev–Trinajstić information content (AvgIpc) is 2.69. The molecule has 126 valence electrons. The Morgan fingerprint density at radius 3 is 2.62 bits per heavy atom. The van der Waals surface area contributed by atoms with Gasteiger partial charge in [0.1, 0.15) is 0 Å². The molecule has 0 aromatic carbocycles. The van der Waals surface area contributed by atoms with E-state index < -0.39 is 10.2 Å². The van der Waals surface area contributed by atoms with Crippen LogP contribution in [-0.4, -0.2) is 56.8 Å². The molecule has 21 heavy (non-hydrogen) atoms. The molecule has 0 aliphatic carbocycles. The normalized spacial score (nSPS) is 21.9. The van der Waals surface area contributed by atoms with Gasteiger partial charge >= 0.3 is 0 Å². The highest BCUT2D eigenvalue weighted by atomic mass is 32.2. The summed E-state index contributed by atoms with van der Waals surface area (Å²) in [5, 5.41) is 3.23. The summed E-state index contributed by atoms with van der Waals surface area (Å²) in [6, 6.07) is 0. The number of nitrogens with zero attached hydrogens (tertiary/aromatic N) is 2. The monoisotopic (exact) mass is 319 g/mol. The summed E-state index contributed by atoms with van der Waals surface area (Å²) in [6.07, 6.45) is 3.97. The van der Waals surface area contributed by atoms with Crippen molar-refractivity contribution in [2.45, 2.75) is 46.5 Å². The molecular weight excluding hydrogens is 286 g/mol. The van der Waals surface area contributed by atoms with E-state index in [1.807, 2.05) is 0 Å². The summed E-state index contributed by atoms with van der Waals surface area (Å²) in [7, 11) is -1.58. The maximum absolute atomic E-state index is 12.6. The van der Waals surface area contributed by atoms with E-state index in [4.69, 9.17) is 0 Å². The quantitative estimate of drug-likeness (QED) is 0.696. The van der Waals surface area contributed by atoms with Crippen molar-refractivity contribution in [3.8, 4) is 0 Å². The van der Waals surface area contributed by atoms with Crippen molar-refractivity contribution < 1.29 is 8.42 Å². The van der Waals surface area contributed by atoms with Gasteiger partial charge in [-0.15, -0.1) is 0 Å². The first-order valence-corrected chi connectivity index (χ1v) is 9.71. The Morgan fingerprint density at radius 1 is 1.29 bits per heavy atom. The molecule has 1 rings (SSSR count). The molecule has 0 aromatic rings. The zero-order valence-corrected chi connectivity index (χ0v) is 15.0. The topological polar surface area (TPSA) is 52.7 Å². The fourth-order valence-electron chi connectivity index (χ4n) is 2.91. The Morgan fingerprint density at radius 2 is 2.00 bits per heavy atom. The Hall–Kier alpha value is -0.170. The van der Waals surface area contributed by atoms with Crippen LogP contribution < -0.4 is 5.32 Å². The lowest BCUT2D eigenvalue weighted by molar-refractivity contribution is 0.331. The second-order valence-electron chi connectivity index (χ2n) is 6.37. The van der Waals surface area contributed by atoms with Crippen LogP contribution in [0, 0.1) is 11.8 Å². The van der Waals surface area contributed by atoms with Gasteiger partial charge in [0, 0.05) is 26.7 Å². The van der Waals surface area contributed by atoms with E-state index in [0.717, 1.165) is 38.8 Å². The molecule has 1 atom stereocenters. The van der Waals surface area contributed by atoms with Crippen molar-refractivity contribution in [2.75, 3.05) is 39.8 Å². The molecule has 0 bridgehead atoms.